The van der Waals surface area contributed by atoms with Crippen molar-refractivity contribution in [3.8, 4) is 0 Å². The van der Waals surface area contributed by atoms with Crippen molar-refractivity contribution in [2.45, 2.75) is 44.9 Å². The molecule has 0 aliphatic heterocycles. The maximum absolute atomic E-state index is 12.5. The van der Waals surface area contributed by atoms with Gasteiger partial charge in [0.15, 0.2) is 0 Å². The Morgan fingerprint density at radius 1 is 1.14 bits per heavy atom. The number of nitrogens with one attached hydrogen (secondary N) is 2. The number of amides is 2. The zero-order chi connectivity index (χ0) is 21.6. The number of carbonyl (C=O) groups is 2. The van der Waals surface area contributed by atoms with Gasteiger partial charge < -0.3 is 0 Å². The standard InChI is InChI=1S/C19H26N4O4S2/c1-5-6-7-17-20-14(3)18(28-17)19(25)22-21-16(24)12-23(4)29(26,27)15-10-8-13(2)9-11-15/h8-11H,5-7,12H2,1-4H3,(H,21,24)(H,22,25). The number of hydrogen-bond acceptors (Lipinski definition) is 6. The van der Waals surface area contributed by atoms with Crippen LogP contribution in [0.5, 0.6) is 0 Å². The number of thiazole rings is 1. The summed E-state index contributed by atoms with van der Waals surface area (Å²) in [6.45, 7) is 5.25. The highest BCUT2D eigenvalue weighted by molar-refractivity contribution is 7.89. The Morgan fingerprint density at radius 2 is 1.79 bits per heavy atom. The van der Waals surface area contributed by atoms with Gasteiger partial charge in [-0.25, -0.2) is 13.4 Å². The van der Waals surface area contributed by atoms with E-state index >= 15 is 0 Å². The Hall–Kier alpha value is -2.30. The third-order valence-electron chi connectivity index (χ3n) is 4.20. The number of carbonyl (C=O) groups excluding carboxylic acids is 2. The van der Waals surface area contributed by atoms with E-state index in [1.54, 1.807) is 19.1 Å². The van der Waals surface area contributed by atoms with E-state index in [-0.39, 0.29) is 4.90 Å². The van der Waals surface area contributed by atoms with E-state index in [4.69, 9.17) is 0 Å². The van der Waals surface area contributed by atoms with Gasteiger partial charge in [0, 0.05) is 7.05 Å². The van der Waals surface area contributed by atoms with Gasteiger partial charge in [0.2, 0.25) is 10.0 Å². The molecule has 0 saturated heterocycles. The lowest BCUT2D eigenvalue weighted by Crippen LogP contribution is -2.46. The van der Waals surface area contributed by atoms with E-state index < -0.39 is 28.4 Å². The molecule has 0 fully saturated rings. The minimum atomic E-state index is -3.80. The minimum absolute atomic E-state index is 0.0994. The van der Waals surface area contributed by atoms with Gasteiger partial charge >= 0.3 is 0 Å². The molecule has 2 aromatic rings. The Balaban J connectivity index is 1.93. The molecule has 0 saturated carbocycles. The average molecular weight is 439 g/mol. The maximum Gasteiger partial charge on any atom is 0.281 e. The number of hydrazine groups is 1. The molecule has 1 aromatic heterocycles. The van der Waals surface area contributed by atoms with Crippen LogP contribution in [0, 0.1) is 13.8 Å². The molecule has 2 amide bonds. The van der Waals surface area contributed by atoms with Gasteiger partial charge in [-0.15, -0.1) is 11.3 Å². The number of benzene rings is 1. The number of aromatic nitrogens is 1. The molecule has 8 nitrogen and oxygen atoms in total. The summed E-state index contributed by atoms with van der Waals surface area (Å²) in [5.41, 5.74) is 6.12. The molecule has 0 unspecified atom stereocenters. The molecule has 0 bridgehead atoms. The molecule has 10 heteroatoms. The minimum Gasteiger partial charge on any atom is -0.272 e. The fourth-order valence-corrected chi connectivity index (χ4v) is 4.63. The first-order chi connectivity index (χ1) is 13.6. The maximum atomic E-state index is 12.5. The van der Waals surface area contributed by atoms with Crippen LogP contribution in [0.4, 0.5) is 0 Å². The zero-order valence-corrected chi connectivity index (χ0v) is 18.6. The fourth-order valence-electron chi connectivity index (χ4n) is 2.50. The van der Waals surface area contributed by atoms with Crippen LogP contribution in [0.2, 0.25) is 0 Å². The van der Waals surface area contributed by atoms with Gasteiger partial charge in [-0.05, 0) is 38.8 Å². The lowest BCUT2D eigenvalue weighted by molar-refractivity contribution is -0.121. The molecule has 0 aliphatic rings. The number of rotatable bonds is 8. The van der Waals surface area contributed by atoms with E-state index in [1.165, 1.54) is 30.5 Å². The molecular formula is C19H26N4O4S2. The Morgan fingerprint density at radius 3 is 2.41 bits per heavy atom. The molecule has 0 aliphatic carbocycles. The largest absolute Gasteiger partial charge is 0.281 e. The quantitative estimate of drug-likeness (QED) is 0.614. The van der Waals surface area contributed by atoms with Crippen LogP contribution >= 0.6 is 11.3 Å². The molecule has 2 rings (SSSR count). The summed E-state index contributed by atoms with van der Waals surface area (Å²) in [7, 11) is -2.49. The van der Waals surface area contributed by atoms with E-state index in [1.807, 2.05) is 6.92 Å². The number of aryl methyl sites for hydroxylation is 3. The average Bonchev–Trinajstić information content (AvgIpc) is 3.05. The van der Waals surface area contributed by atoms with Gasteiger partial charge in [-0.2, -0.15) is 4.31 Å². The first-order valence-corrected chi connectivity index (χ1v) is 11.5. The summed E-state index contributed by atoms with van der Waals surface area (Å²) < 4.78 is 26.0. The smallest absolute Gasteiger partial charge is 0.272 e. The highest BCUT2D eigenvalue weighted by Gasteiger charge is 2.23. The van der Waals surface area contributed by atoms with E-state index in [0.717, 1.165) is 34.1 Å². The van der Waals surface area contributed by atoms with E-state index in [9.17, 15) is 18.0 Å². The predicted molar refractivity (Wildman–Crippen MR) is 112 cm³/mol. The third kappa shape index (κ3) is 6.09. The SMILES string of the molecule is CCCCc1nc(C)c(C(=O)NNC(=O)CN(C)S(=O)(=O)c2ccc(C)cc2)s1. The highest BCUT2D eigenvalue weighted by Crippen LogP contribution is 2.19. The van der Waals surface area contributed by atoms with Crippen LogP contribution in [-0.4, -0.2) is 43.1 Å². The number of sulfonamides is 1. The molecule has 0 atom stereocenters. The van der Waals surface area contributed by atoms with E-state index in [2.05, 4.69) is 22.8 Å². The first kappa shape index (κ1) is 23.0. The van der Waals surface area contributed by atoms with Crippen molar-refractivity contribution in [2.24, 2.45) is 0 Å². The van der Waals surface area contributed by atoms with Crippen molar-refractivity contribution in [3.63, 3.8) is 0 Å². The second-order valence-corrected chi connectivity index (χ2v) is 9.83. The molecular weight excluding hydrogens is 412 g/mol. The number of nitrogens with zero attached hydrogens (tertiary/aromatic N) is 2. The molecule has 1 aromatic carbocycles. The van der Waals surface area contributed by atoms with E-state index in [0.29, 0.717) is 10.6 Å². The monoisotopic (exact) mass is 438 g/mol. The summed E-state index contributed by atoms with van der Waals surface area (Å²) in [4.78, 5) is 29.3. The number of unbranched alkanes of at least 4 members (excludes halogenated alkanes) is 1. The van der Waals surface area contributed by atoms with Crippen LogP contribution in [0.3, 0.4) is 0 Å². The van der Waals surface area contributed by atoms with Crippen LogP contribution in [-0.2, 0) is 21.2 Å². The van der Waals surface area contributed by atoms with Crippen molar-refractivity contribution in [3.05, 3.63) is 45.4 Å². The summed E-state index contributed by atoms with van der Waals surface area (Å²) in [6.07, 6.45) is 2.84. The Bertz CT molecular complexity index is 969. The normalized spacial score (nSPS) is 11.5. The topological polar surface area (TPSA) is 108 Å². The summed E-state index contributed by atoms with van der Waals surface area (Å²) in [5.74, 6) is -1.12. The molecule has 0 radical (unpaired) electrons. The summed E-state index contributed by atoms with van der Waals surface area (Å²) in [6, 6.07) is 6.35. The predicted octanol–water partition coefficient (Wildman–Crippen LogP) is 2.18. The molecule has 2 N–H and O–H groups in total. The molecule has 29 heavy (non-hydrogen) atoms. The number of hydrogen-bond donors (Lipinski definition) is 2. The van der Waals surface area contributed by atoms with Crippen molar-refractivity contribution in [1.29, 1.82) is 0 Å². The highest BCUT2D eigenvalue weighted by atomic mass is 32.2. The van der Waals surface area contributed by atoms with Crippen LogP contribution in [0.15, 0.2) is 29.2 Å². The van der Waals surface area contributed by atoms with Crippen molar-refractivity contribution in [1.82, 2.24) is 20.1 Å². The van der Waals surface area contributed by atoms with Gasteiger partial charge in [0.1, 0.15) is 4.88 Å². The first-order valence-electron chi connectivity index (χ1n) is 9.23. The molecule has 1 heterocycles. The number of likely N-dealkylation sites (N-methyl/N-ethyl adjacent to an activating group) is 1. The fraction of sp³-hybridized carbons (Fsp3) is 0.421. The van der Waals surface area contributed by atoms with Gasteiger partial charge in [0.25, 0.3) is 11.8 Å². The van der Waals surface area contributed by atoms with Crippen molar-refractivity contribution >= 4 is 33.2 Å². The lowest BCUT2D eigenvalue weighted by atomic mass is 10.2. The summed E-state index contributed by atoms with van der Waals surface area (Å²) in [5, 5.41) is 0.879. The summed E-state index contributed by atoms with van der Waals surface area (Å²) >= 11 is 1.30. The van der Waals surface area contributed by atoms with Gasteiger partial charge in [0.05, 0.1) is 22.1 Å². The second-order valence-electron chi connectivity index (χ2n) is 6.70. The Labute approximate surface area is 175 Å². The van der Waals surface area contributed by atoms with Gasteiger partial charge in [-0.1, -0.05) is 31.0 Å². The molecule has 158 valence electrons. The van der Waals surface area contributed by atoms with Crippen molar-refractivity contribution < 1.29 is 18.0 Å². The second kappa shape index (κ2) is 9.95. The van der Waals surface area contributed by atoms with Gasteiger partial charge in [-0.3, -0.25) is 20.4 Å². The Kier molecular flexibility index (Phi) is 7.88. The van der Waals surface area contributed by atoms with Crippen LogP contribution in [0.1, 0.15) is 45.7 Å². The van der Waals surface area contributed by atoms with Crippen molar-refractivity contribution in [2.75, 3.05) is 13.6 Å². The third-order valence-corrected chi connectivity index (χ3v) is 7.24. The van der Waals surface area contributed by atoms with Crippen LogP contribution in [0.25, 0.3) is 0 Å². The zero-order valence-electron chi connectivity index (χ0n) is 17.0. The molecule has 0 spiro atoms. The lowest BCUT2D eigenvalue weighted by Gasteiger charge is -2.17. The van der Waals surface area contributed by atoms with Crippen LogP contribution < -0.4 is 10.9 Å².